The number of rotatable bonds is 2. The number of halogens is 1. The van der Waals surface area contributed by atoms with Crippen molar-refractivity contribution in [2.45, 2.75) is 25.8 Å². The Balaban J connectivity index is 0. The van der Waals surface area contributed by atoms with Crippen LogP contribution in [0.4, 0.5) is 0 Å². The first-order valence-electron chi connectivity index (χ1n) is 2.43. The molecule has 0 aliphatic carbocycles. The van der Waals surface area contributed by atoms with Crippen molar-refractivity contribution in [1.82, 2.24) is 0 Å². The van der Waals surface area contributed by atoms with Gasteiger partial charge in [0.2, 0.25) is 0 Å². The Morgan fingerprint density at radius 2 is 2.25 bits per heavy atom. The van der Waals surface area contributed by atoms with Gasteiger partial charge in [0.1, 0.15) is 0 Å². The summed E-state index contributed by atoms with van der Waals surface area (Å²) in [5.41, 5.74) is 5.36. The molecule has 0 amide bonds. The van der Waals surface area contributed by atoms with Crippen molar-refractivity contribution in [2.24, 2.45) is 5.73 Å². The smallest absolute Gasteiger partial charge is 0.0638 e. The summed E-state index contributed by atoms with van der Waals surface area (Å²) in [4.78, 5) is 0. The lowest BCUT2D eigenvalue weighted by Gasteiger charge is -1.97. The first kappa shape index (κ1) is 10.8. The van der Waals surface area contributed by atoms with Gasteiger partial charge in [0.05, 0.1) is 12.5 Å². The van der Waals surface area contributed by atoms with Crippen LogP contribution in [-0.2, 0) is 0 Å². The molecule has 1 unspecified atom stereocenters. The molecule has 2 N–H and O–H groups in total. The SMILES string of the molecule is CCC(N)CC#N.[Br-]. The molecule has 0 aliphatic heterocycles. The molecule has 0 bridgehead atoms. The van der Waals surface area contributed by atoms with Crippen LogP contribution in [0, 0.1) is 11.3 Å². The van der Waals surface area contributed by atoms with Crippen LogP contribution in [0.3, 0.4) is 0 Å². The van der Waals surface area contributed by atoms with Gasteiger partial charge in [-0.2, -0.15) is 5.26 Å². The maximum atomic E-state index is 8.04. The Hall–Kier alpha value is -0.0700. The fourth-order valence-electron chi connectivity index (χ4n) is 0.262. The van der Waals surface area contributed by atoms with E-state index in [0.29, 0.717) is 6.42 Å². The molecule has 0 aliphatic rings. The minimum Gasteiger partial charge on any atom is -1.00 e. The first-order chi connectivity index (χ1) is 3.31. The minimum absolute atomic E-state index is 0. The molecule has 8 heavy (non-hydrogen) atoms. The summed E-state index contributed by atoms with van der Waals surface area (Å²) in [5, 5.41) is 8.04. The average molecular weight is 178 g/mol. The summed E-state index contributed by atoms with van der Waals surface area (Å²) < 4.78 is 0. The third-order valence-corrected chi connectivity index (χ3v) is 0.878. The molecule has 0 radical (unpaired) electrons. The predicted molar refractivity (Wildman–Crippen MR) is 28.5 cm³/mol. The van der Waals surface area contributed by atoms with Crippen LogP contribution < -0.4 is 22.7 Å². The molecule has 0 heterocycles. The quantitative estimate of drug-likeness (QED) is 0.514. The molecule has 0 saturated carbocycles. The van der Waals surface area contributed by atoms with Crippen molar-refractivity contribution in [2.75, 3.05) is 0 Å². The van der Waals surface area contributed by atoms with Gasteiger partial charge >= 0.3 is 0 Å². The van der Waals surface area contributed by atoms with Crippen LogP contribution in [0.5, 0.6) is 0 Å². The lowest BCUT2D eigenvalue weighted by Crippen LogP contribution is -3.00. The molecular formula is C5H10BrN2-. The lowest BCUT2D eigenvalue weighted by atomic mass is 10.2. The standard InChI is InChI=1S/C5H10N2.BrH/c1-2-5(7)3-4-6;/h5H,2-3,7H2,1H3;1H/p-1. The molecular weight excluding hydrogens is 168 g/mol. The zero-order valence-corrected chi connectivity index (χ0v) is 6.48. The van der Waals surface area contributed by atoms with Gasteiger partial charge in [-0.3, -0.25) is 0 Å². The number of nitriles is 1. The maximum Gasteiger partial charge on any atom is 0.0638 e. The second-order valence-electron chi connectivity index (χ2n) is 1.53. The van der Waals surface area contributed by atoms with Crippen molar-refractivity contribution in [3.05, 3.63) is 0 Å². The zero-order chi connectivity index (χ0) is 5.70. The summed E-state index contributed by atoms with van der Waals surface area (Å²) in [6.45, 7) is 1.97. The van der Waals surface area contributed by atoms with Crippen molar-refractivity contribution < 1.29 is 17.0 Å². The Labute approximate surface area is 60.4 Å². The van der Waals surface area contributed by atoms with E-state index < -0.39 is 0 Å². The van der Waals surface area contributed by atoms with Crippen molar-refractivity contribution in [3.63, 3.8) is 0 Å². The summed E-state index contributed by atoms with van der Waals surface area (Å²) in [5.74, 6) is 0. The molecule has 3 heteroatoms. The third-order valence-electron chi connectivity index (χ3n) is 0.878. The fourth-order valence-corrected chi connectivity index (χ4v) is 0.262. The van der Waals surface area contributed by atoms with Crippen LogP contribution in [0.25, 0.3) is 0 Å². The van der Waals surface area contributed by atoms with E-state index >= 15 is 0 Å². The van der Waals surface area contributed by atoms with Gasteiger partial charge in [0.15, 0.2) is 0 Å². The molecule has 0 fully saturated rings. The Bertz CT molecular complexity index is 77.0. The highest BCUT2D eigenvalue weighted by atomic mass is 79.9. The molecule has 0 aromatic carbocycles. The summed E-state index contributed by atoms with van der Waals surface area (Å²) >= 11 is 0. The molecule has 0 aromatic rings. The first-order valence-corrected chi connectivity index (χ1v) is 2.43. The second-order valence-corrected chi connectivity index (χ2v) is 1.53. The molecule has 2 nitrogen and oxygen atoms in total. The van der Waals surface area contributed by atoms with Crippen molar-refractivity contribution in [1.29, 1.82) is 5.26 Å². The number of hydrogen-bond acceptors (Lipinski definition) is 2. The largest absolute Gasteiger partial charge is 1.00 e. The Kier molecular flexibility index (Phi) is 9.38. The summed E-state index contributed by atoms with van der Waals surface area (Å²) in [6.07, 6.45) is 1.38. The van der Waals surface area contributed by atoms with E-state index in [0.717, 1.165) is 6.42 Å². The molecule has 0 saturated heterocycles. The van der Waals surface area contributed by atoms with E-state index in [2.05, 4.69) is 0 Å². The summed E-state index contributed by atoms with van der Waals surface area (Å²) in [6, 6.07) is 2.08. The van der Waals surface area contributed by atoms with Gasteiger partial charge in [-0.1, -0.05) is 6.92 Å². The number of nitrogens with two attached hydrogens (primary N) is 1. The minimum atomic E-state index is 0. The topological polar surface area (TPSA) is 49.8 Å². The highest BCUT2D eigenvalue weighted by Crippen LogP contribution is 1.88. The highest BCUT2D eigenvalue weighted by molar-refractivity contribution is 4.76. The summed E-state index contributed by atoms with van der Waals surface area (Å²) in [7, 11) is 0. The van der Waals surface area contributed by atoms with E-state index in [9.17, 15) is 0 Å². The van der Waals surface area contributed by atoms with E-state index in [-0.39, 0.29) is 23.0 Å². The van der Waals surface area contributed by atoms with Gasteiger partial charge in [-0.05, 0) is 6.42 Å². The zero-order valence-electron chi connectivity index (χ0n) is 4.89. The van der Waals surface area contributed by atoms with E-state index in [4.69, 9.17) is 11.0 Å². The van der Waals surface area contributed by atoms with Gasteiger partial charge < -0.3 is 22.7 Å². The maximum absolute atomic E-state index is 8.04. The van der Waals surface area contributed by atoms with E-state index in [1.54, 1.807) is 0 Å². The second kappa shape index (κ2) is 6.93. The van der Waals surface area contributed by atoms with Crippen LogP contribution in [0.15, 0.2) is 0 Å². The van der Waals surface area contributed by atoms with E-state index in [1.165, 1.54) is 0 Å². The number of hydrogen-bond donors (Lipinski definition) is 1. The van der Waals surface area contributed by atoms with Gasteiger partial charge in [-0.15, -0.1) is 0 Å². The highest BCUT2D eigenvalue weighted by Gasteiger charge is 1.93. The predicted octanol–water partition coefficient (Wildman–Crippen LogP) is -2.36. The molecule has 0 spiro atoms. The molecule has 48 valence electrons. The van der Waals surface area contributed by atoms with Crippen LogP contribution in [-0.4, -0.2) is 6.04 Å². The molecule has 1 atom stereocenters. The lowest BCUT2D eigenvalue weighted by molar-refractivity contribution is -0.00000202. The van der Waals surface area contributed by atoms with Gasteiger partial charge in [0.25, 0.3) is 0 Å². The fraction of sp³-hybridized carbons (Fsp3) is 0.800. The normalized spacial score (nSPS) is 11.1. The van der Waals surface area contributed by atoms with Crippen molar-refractivity contribution >= 4 is 0 Å². The van der Waals surface area contributed by atoms with Gasteiger partial charge in [0, 0.05) is 6.04 Å². The Morgan fingerprint density at radius 3 is 2.38 bits per heavy atom. The van der Waals surface area contributed by atoms with Crippen LogP contribution in [0.2, 0.25) is 0 Å². The van der Waals surface area contributed by atoms with Gasteiger partial charge in [-0.25, -0.2) is 0 Å². The Morgan fingerprint density at radius 1 is 1.75 bits per heavy atom. The van der Waals surface area contributed by atoms with Crippen LogP contribution in [0.1, 0.15) is 19.8 Å². The molecule has 0 aromatic heterocycles. The van der Waals surface area contributed by atoms with E-state index in [1.807, 2.05) is 13.0 Å². The average Bonchev–Trinajstić information content (AvgIpc) is 1.68. The van der Waals surface area contributed by atoms with Crippen molar-refractivity contribution in [3.8, 4) is 6.07 Å². The number of nitrogens with zero attached hydrogens (tertiary/aromatic N) is 1. The monoisotopic (exact) mass is 177 g/mol. The van der Waals surface area contributed by atoms with Crippen LogP contribution >= 0.6 is 0 Å². The third kappa shape index (κ3) is 5.93. The molecule has 0 rings (SSSR count).